The van der Waals surface area contributed by atoms with Crippen LogP contribution in [-0.4, -0.2) is 26.5 Å². The topological polar surface area (TPSA) is 60.2 Å². The summed E-state index contributed by atoms with van der Waals surface area (Å²) in [5, 5.41) is 0. The molecule has 0 fully saturated rings. The molecule has 3 nitrogen and oxygen atoms in total. The normalized spacial score (nSPS) is 14.6. The van der Waals surface area contributed by atoms with Gasteiger partial charge in [0.25, 0.3) is 0 Å². The summed E-state index contributed by atoms with van der Waals surface area (Å²) in [7, 11) is -2.84. The monoisotopic (exact) mass is 193 g/mol. The highest BCUT2D eigenvalue weighted by atomic mass is 32.2. The lowest BCUT2D eigenvalue weighted by Crippen LogP contribution is -2.18. The second kappa shape index (κ2) is 5.54. The third kappa shape index (κ3) is 5.55. The van der Waals surface area contributed by atoms with E-state index in [-0.39, 0.29) is 11.7 Å². The highest BCUT2D eigenvalue weighted by Crippen LogP contribution is 2.06. The third-order valence-corrected chi connectivity index (χ3v) is 3.88. The van der Waals surface area contributed by atoms with Crippen molar-refractivity contribution < 1.29 is 8.42 Å². The van der Waals surface area contributed by atoms with Gasteiger partial charge in [0.15, 0.2) is 9.84 Å². The van der Waals surface area contributed by atoms with Crippen LogP contribution in [0.5, 0.6) is 0 Å². The van der Waals surface area contributed by atoms with Crippen LogP contribution >= 0.6 is 0 Å². The quantitative estimate of drug-likeness (QED) is 0.678. The Morgan fingerprint density at radius 3 is 2.42 bits per heavy atom. The minimum absolute atomic E-state index is 0.244. The zero-order valence-corrected chi connectivity index (χ0v) is 8.73. The molecule has 0 aliphatic carbocycles. The molecule has 0 bridgehead atoms. The van der Waals surface area contributed by atoms with Crippen molar-refractivity contribution in [3.05, 3.63) is 0 Å². The lowest BCUT2D eigenvalue weighted by molar-refractivity contribution is 0.562. The molecule has 0 aromatic heterocycles. The Hall–Kier alpha value is -0.0900. The number of sulfone groups is 1. The zero-order chi connectivity index (χ0) is 9.61. The molecule has 0 amide bonds. The molecule has 0 aliphatic rings. The molecule has 0 aromatic rings. The van der Waals surface area contributed by atoms with Crippen molar-refractivity contribution in [1.29, 1.82) is 0 Å². The fourth-order valence-electron chi connectivity index (χ4n) is 0.938. The fraction of sp³-hybridized carbons (Fsp3) is 1.00. The molecule has 0 radical (unpaired) electrons. The van der Waals surface area contributed by atoms with Gasteiger partial charge in [-0.15, -0.1) is 0 Å². The van der Waals surface area contributed by atoms with Crippen LogP contribution in [0.2, 0.25) is 0 Å². The minimum Gasteiger partial charge on any atom is -0.330 e. The van der Waals surface area contributed by atoms with Crippen molar-refractivity contribution in [3.63, 3.8) is 0 Å². The summed E-state index contributed by atoms with van der Waals surface area (Å²) in [5.74, 6) is 0.824. The van der Waals surface area contributed by atoms with E-state index in [4.69, 9.17) is 5.73 Å². The minimum atomic E-state index is -2.84. The Morgan fingerprint density at radius 2 is 2.00 bits per heavy atom. The molecule has 0 aromatic carbocycles. The van der Waals surface area contributed by atoms with Gasteiger partial charge in [0.1, 0.15) is 0 Å². The van der Waals surface area contributed by atoms with Crippen LogP contribution in [-0.2, 0) is 9.84 Å². The summed E-state index contributed by atoms with van der Waals surface area (Å²) in [6, 6.07) is 0. The summed E-state index contributed by atoms with van der Waals surface area (Å²) in [4.78, 5) is 0. The predicted octanol–water partition coefficient (Wildman–Crippen LogP) is 0.796. The van der Waals surface area contributed by atoms with E-state index in [1.807, 2.05) is 13.8 Å². The van der Waals surface area contributed by atoms with Gasteiger partial charge < -0.3 is 5.73 Å². The lowest BCUT2D eigenvalue weighted by atomic mass is 10.2. The van der Waals surface area contributed by atoms with E-state index in [0.29, 0.717) is 18.7 Å². The molecule has 74 valence electrons. The fourth-order valence-corrected chi connectivity index (χ4v) is 2.81. The van der Waals surface area contributed by atoms with Crippen LogP contribution in [0.25, 0.3) is 0 Å². The van der Waals surface area contributed by atoms with E-state index in [1.165, 1.54) is 0 Å². The van der Waals surface area contributed by atoms with Gasteiger partial charge in [-0.05, 0) is 18.9 Å². The molecule has 0 rings (SSSR count). The predicted molar refractivity (Wildman–Crippen MR) is 51.8 cm³/mol. The Bertz CT molecular complexity index is 199. The van der Waals surface area contributed by atoms with Crippen molar-refractivity contribution in [1.82, 2.24) is 0 Å². The zero-order valence-electron chi connectivity index (χ0n) is 7.91. The van der Waals surface area contributed by atoms with Crippen molar-refractivity contribution >= 4 is 9.84 Å². The molecule has 2 N–H and O–H groups in total. The van der Waals surface area contributed by atoms with Crippen LogP contribution in [0, 0.1) is 5.92 Å². The van der Waals surface area contributed by atoms with Crippen LogP contribution in [0.4, 0.5) is 0 Å². The van der Waals surface area contributed by atoms with Crippen molar-refractivity contribution in [2.75, 3.05) is 18.1 Å². The molecule has 0 saturated heterocycles. The van der Waals surface area contributed by atoms with Gasteiger partial charge in [-0.2, -0.15) is 0 Å². The molecule has 12 heavy (non-hydrogen) atoms. The molecule has 1 unspecified atom stereocenters. The average molecular weight is 193 g/mol. The molecular formula is C8H19NO2S. The van der Waals surface area contributed by atoms with Gasteiger partial charge in [-0.1, -0.05) is 20.3 Å². The lowest BCUT2D eigenvalue weighted by Gasteiger charge is -2.08. The third-order valence-electron chi connectivity index (χ3n) is 1.89. The molecular weight excluding hydrogens is 174 g/mol. The summed E-state index contributed by atoms with van der Waals surface area (Å²) in [6.45, 7) is 4.42. The van der Waals surface area contributed by atoms with Gasteiger partial charge in [0.05, 0.1) is 11.5 Å². The Morgan fingerprint density at radius 1 is 1.42 bits per heavy atom. The molecule has 4 heteroatoms. The number of rotatable bonds is 6. The first kappa shape index (κ1) is 11.9. The first-order valence-electron chi connectivity index (χ1n) is 4.42. The summed E-state index contributed by atoms with van der Waals surface area (Å²) in [5.41, 5.74) is 5.23. The van der Waals surface area contributed by atoms with E-state index in [1.54, 1.807) is 0 Å². The maximum Gasteiger partial charge on any atom is 0.150 e. The number of hydrogen-bond acceptors (Lipinski definition) is 3. The molecule has 1 atom stereocenters. The van der Waals surface area contributed by atoms with Crippen molar-refractivity contribution in [2.45, 2.75) is 26.7 Å². The first-order chi connectivity index (χ1) is 5.52. The van der Waals surface area contributed by atoms with E-state index in [0.717, 1.165) is 6.42 Å². The van der Waals surface area contributed by atoms with E-state index < -0.39 is 9.84 Å². The maximum absolute atomic E-state index is 11.3. The van der Waals surface area contributed by atoms with E-state index in [2.05, 4.69) is 0 Å². The SMILES string of the molecule is CCC(C)CS(=O)(=O)CCCN. The van der Waals surface area contributed by atoms with Crippen LogP contribution in [0.3, 0.4) is 0 Å². The summed E-state index contributed by atoms with van der Waals surface area (Å²) < 4.78 is 22.6. The van der Waals surface area contributed by atoms with Crippen molar-refractivity contribution in [2.24, 2.45) is 11.7 Å². The largest absolute Gasteiger partial charge is 0.330 e. The maximum atomic E-state index is 11.3. The number of hydrogen-bond donors (Lipinski definition) is 1. The highest BCUT2D eigenvalue weighted by Gasteiger charge is 2.13. The van der Waals surface area contributed by atoms with Gasteiger partial charge in [0.2, 0.25) is 0 Å². The van der Waals surface area contributed by atoms with Gasteiger partial charge in [0, 0.05) is 0 Å². The van der Waals surface area contributed by atoms with E-state index in [9.17, 15) is 8.42 Å². The van der Waals surface area contributed by atoms with Gasteiger partial charge in [-0.3, -0.25) is 0 Å². The second-order valence-electron chi connectivity index (χ2n) is 3.27. The molecule has 0 spiro atoms. The molecule has 0 heterocycles. The molecule has 0 saturated carbocycles. The van der Waals surface area contributed by atoms with Gasteiger partial charge >= 0.3 is 0 Å². The van der Waals surface area contributed by atoms with E-state index >= 15 is 0 Å². The Balaban J connectivity index is 3.88. The van der Waals surface area contributed by atoms with Crippen molar-refractivity contribution in [3.8, 4) is 0 Å². The highest BCUT2D eigenvalue weighted by molar-refractivity contribution is 7.91. The smallest absolute Gasteiger partial charge is 0.150 e. The summed E-state index contributed by atoms with van der Waals surface area (Å²) in [6.07, 6.45) is 1.50. The molecule has 0 aliphatic heterocycles. The van der Waals surface area contributed by atoms with Gasteiger partial charge in [-0.25, -0.2) is 8.42 Å². The first-order valence-corrected chi connectivity index (χ1v) is 6.24. The van der Waals surface area contributed by atoms with Crippen LogP contribution < -0.4 is 5.73 Å². The number of nitrogens with two attached hydrogens (primary N) is 1. The Labute approximate surface area is 75.3 Å². The van der Waals surface area contributed by atoms with Crippen LogP contribution in [0.1, 0.15) is 26.7 Å². The average Bonchev–Trinajstić information content (AvgIpc) is 2.00. The second-order valence-corrected chi connectivity index (χ2v) is 5.50. The van der Waals surface area contributed by atoms with Crippen LogP contribution in [0.15, 0.2) is 0 Å². The summed E-state index contributed by atoms with van der Waals surface area (Å²) >= 11 is 0. The standard InChI is InChI=1S/C8H19NO2S/c1-3-8(2)7-12(10,11)6-4-5-9/h8H,3-7,9H2,1-2H3. The Kier molecular flexibility index (Phi) is 5.50.